The van der Waals surface area contributed by atoms with E-state index in [1.54, 1.807) is 13.0 Å². The Morgan fingerprint density at radius 3 is 2.52 bits per heavy atom. The van der Waals surface area contributed by atoms with Crippen molar-refractivity contribution < 1.29 is 19.1 Å². The number of anilines is 1. The van der Waals surface area contributed by atoms with Gasteiger partial charge in [0.25, 0.3) is 0 Å². The number of halogens is 1. The Kier molecular flexibility index (Phi) is 6.30. The summed E-state index contributed by atoms with van der Waals surface area (Å²) in [6.45, 7) is 5.46. The van der Waals surface area contributed by atoms with Crippen molar-refractivity contribution in [3.8, 4) is 0 Å². The summed E-state index contributed by atoms with van der Waals surface area (Å²) in [5.41, 5.74) is 0.855. The molecule has 0 radical (unpaired) electrons. The summed E-state index contributed by atoms with van der Waals surface area (Å²) in [4.78, 5) is 23.3. The molecule has 2 atom stereocenters. The van der Waals surface area contributed by atoms with Crippen LogP contribution >= 0.6 is 0 Å². The average molecular weight is 296 g/mol. The molecule has 0 aliphatic carbocycles. The van der Waals surface area contributed by atoms with Crippen LogP contribution in [0.5, 0.6) is 0 Å². The normalized spacial score (nSPS) is 13.4. The number of aliphatic hydroxyl groups is 1. The van der Waals surface area contributed by atoms with E-state index >= 15 is 0 Å². The maximum absolute atomic E-state index is 13.2. The van der Waals surface area contributed by atoms with Crippen molar-refractivity contribution >= 4 is 17.5 Å². The quantitative estimate of drug-likeness (QED) is 0.722. The van der Waals surface area contributed by atoms with Gasteiger partial charge in [0.15, 0.2) is 0 Å². The molecular formula is C15H21FN2O3. The van der Waals surface area contributed by atoms with Crippen LogP contribution in [-0.2, 0) is 9.59 Å². The molecule has 1 aromatic rings. The van der Waals surface area contributed by atoms with Crippen LogP contribution in [0.25, 0.3) is 0 Å². The van der Waals surface area contributed by atoms with Crippen molar-refractivity contribution in [3.63, 3.8) is 0 Å². The zero-order valence-corrected chi connectivity index (χ0v) is 12.4. The van der Waals surface area contributed by atoms with Gasteiger partial charge in [0.2, 0.25) is 0 Å². The standard InChI is InChI=1S/C15H21FN2O3/c1-4-10(3)13(19)8-17-14(20)15(21)18-12-6-9(2)5-11(16)7-12/h5-7,10,13,19H,4,8H2,1-3H3,(H,17,20)(H,18,21). The molecule has 0 spiro atoms. The highest BCUT2D eigenvalue weighted by atomic mass is 19.1. The molecule has 2 unspecified atom stereocenters. The van der Waals surface area contributed by atoms with E-state index in [1.807, 2.05) is 13.8 Å². The fraction of sp³-hybridized carbons (Fsp3) is 0.467. The van der Waals surface area contributed by atoms with Crippen LogP contribution in [0.15, 0.2) is 18.2 Å². The minimum Gasteiger partial charge on any atom is -0.391 e. The topological polar surface area (TPSA) is 78.4 Å². The maximum Gasteiger partial charge on any atom is 0.313 e. The molecule has 3 N–H and O–H groups in total. The lowest BCUT2D eigenvalue weighted by Gasteiger charge is -2.17. The van der Waals surface area contributed by atoms with Gasteiger partial charge in [0, 0.05) is 12.2 Å². The smallest absolute Gasteiger partial charge is 0.313 e. The monoisotopic (exact) mass is 296 g/mol. The third kappa shape index (κ3) is 5.51. The number of aliphatic hydroxyl groups excluding tert-OH is 1. The molecule has 0 aliphatic rings. The molecule has 0 bridgehead atoms. The Bertz CT molecular complexity index is 499. The van der Waals surface area contributed by atoms with Crippen LogP contribution in [-0.4, -0.2) is 29.6 Å². The van der Waals surface area contributed by atoms with Gasteiger partial charge in [-0.3, -0.25) is 9.59 Å². The molecule has 0 saturated carbocycles. The van der Waals surface area contributed by atoms with Gasteiger partial charge in [0.1, 0.15) is 5.82 Å². The Morgan fingerprint density at radius 1 is 1.29 bits per heavy atom. The number of carbonyl (C=O) groups excluding carboxylic acids is 2. The Labute approximate surface area is 123 Å². The number of rotatable bonds is 5. The van der Waals surface area contributed by atoms with Crippen molar-refractivity contribution in [2.45, 2.75) is 33.3 Å². The van der Waals surface area contributed by atoms with Crippen molar-refractivity contribution in [1.29, 1.82) is 0 Å². The molecule has 0 fully saturated rings. The maximum atomic E-state index is 13.2. The highest BCUT2D eigenvalue weighted by Crippen LogP contribution is 2.13. The first-order valence-corrected chi connectivity index (χ1v) is 6.88. The van der Waals surface area contributed by atoms with E-state index < -0.39 is 23.7 Å². The van der Waals surface area contributed by atoms with Gasteiger partial charge in [-0.1, -0.05) is 20.3 Å². The molecule has 0 heterocycles. The number of benzene rings is 1. The predicted molar refractivity (Wildman–Crippen MR) is 78.2 cm³/mol. The predicted octanol–water partition coefficient (Wildman–Crippen LogP) is 1.60. The van der Waals surface area contributed by atoms with Gasteiger partial charge in [-0.15, -0.1) is 0 Å². The third-order valence-electron chi connectivity index (χ3n) is 3.28. The summed E-state index contributed by atoms with van der Waals surface area (Å²) in [7, 11) is 0. The van der Waals surface area contributed by atoms with Gasteiger partial charge in [-0.2, -0.15) is 0 Å². The first-order chi connectivity index (χ1) is 9.83. The van der Waals surface area contributed by atoms with Crippen LogP contribution in [0, 0.1) is 18.7 Å². The van der Waals surface area contributed by atoms with Crippen molar-refractivity contribution in [2.75, 3.05) is 11.9 Å². The number of amides is 2. The second-order valence-electron chi connectivity index (χ2n) is 5.13. The molecule has 1 aromatic carbocycles. The minimum absolute atomic E-state index is 0.00341. The zero-order valence-electron chi connectivity index (χ0n) is 12.4. The summed E-state index contributed by atoms with van der Waals surface area (Å²) < 4.78 is 13.2. The highest BCUT2D eigenvalue weighted by Gasteiger charge is 2.18. The van der Waals surface area contributed by atoms with E-state index in [2.05, 4.69) is 10.6 Å². The summed E-state index contributed by atoms with van der Waals surface area (Å²) in [6, 6.07) is 4.01. The molecule has 2 amide bonds. The van der Waals surface area contributed by atoms with E-state index in [-0.39, 0.29) is 18.2 Å². The average Bonchev–Trinajstić information content (AvgIpc) is 2.42. The largest absolute Gasteiger partial charge is 0.391 e. The Hall–Kier alpha value is -1.95. The first-order valence-electron chi connectivity index (χ1n) is 6.88. The number of hydrogen-bond donors (Lipinski definition) is 3. The number of carbonyl (C=O) groups is 2. The van der Waals surface area contributed by atoms with Crippen molar-refractivity contribution in [3.05, 3.63) is 29.6 Å². The molecular weight excluding hydrogens is 275 g/mol. The molecule has 6 heteroatoms. The van der Waals surface area contributed by atoms with Crippen LogP contribution in [0.3, 0.4) is 0 Å². The molecule has 116 valence electrons. The molecule has 0 saturated heterocycles. The second-order valence-corrected chi connectivity index (χ2v) is 5.13. The summed E-state index contributed by atoms with van der Waals surface area (Å²) in [6.07, 6.45) is 0.0642. The third-order valence-corrected chi connectivity index (χ3v) is 3.28. The SMILES string of the molecule is CCC(C)C(O)CNC(=O)C(=O)Nc1cc(C)cc(F)c1. The minimum atomic E-state index is -0.892. The van der Waals surface area contributed by atoms with Gasteiger partial charge in [-0.25, -0.2) is 4.39 Å². The fourth-order valence-corrected chi connectivity index (χ4v) is 1.75. The lowest BCUT2D eigenvalue weighted by Crippen LogP contribution is -2.41. The first kappa shape index (κ1) is 17.1. The Balaban J connectivity index is 2.53. The van der Waals surface area contributed by atoms with Crippen LogP contribution in [0.4, 0.5) is 10.1 Å². The number of hydrogen-bond acceptors (Lipinski definition) is 3. The van der Waals surface area contributed by atoms with E-state index in [9.17, 15) is 19.1 Å². The van der Waals surface area contributed by atoms with Gasteiger partial charge < -0.3 is 15.7 Å². The summed E-state index contributed by atoms with van der Waals surface area (Å²) in [5.74, 6) is -2.22. The fourth-order valence-electron chi connectivity index (χ4n) is 1.75. The lowest BCUT2D eigenvalue weighted by molar-refractivity contribution is -0.136. The summed E-state index contributed by atoms with van der Waals surface area (Å²) >= 11 is 0. The second kappa shape index (κ2) is 7.73. The molecule has 0 aromatic heterocycles. The van der Waals surface area contributed by atoms with Crippen LogP contribution in [0.2, 0.25) is 0 Å². The lowest BCUT2D eigenvalue weighted by atomic mass is 10.0. The number of nitrogens with one attached hydrogen (secondary N) is 2. The van der Waals surface area contributed by atoms with Gasteiger partial charge >= 0.3 is 11.8 Å². The van der Waals surface area contributed by atoms with E-state index in [0.29, 0.717) is 5.56 Å². The van der Waals surface area contributed by atoms with Gasteiger partial charge in [0.05, 0.1) is 6.10 Å². The van der Waals surface area contributed by atoms with E-state index in [0.717, 1.165) is 12.5 Å². The van der Waals surface area contributed by atoms with E-state index in [1.165, 1.54) is 6.07 Å². The molecule has 1 rings (SSSR count). The number of aryl methyl sites for hydroxylation is 1. The molecule has 0 aliphatic heterocycles. The van der Waals surface area contributed by atoms with Gasteiger partial charge in [-0.05, 0) is 36.6 Å². The van der Waals surface area contributed by atoms with Crippen molar-refractivity contribution in [2.24, 2.45) is 5.92 Å². The van der Waals surface area contributed by atoms with Crippen LogP contribution < -0.4 is 10.6 Å². The zero-order chi connectivity index (χ0) is 16.0. The van der Waals surface area contributed by atoms with E-state index in [4.69, 9.17) is 0 Å². The van der Waals surface area contributed by atoms with Crippen molar-refractivity contribution in [1.82, 2.24) is 5.32 Å². The Morgan fingerprint density at radius 2 is 1.95 bits per heavy atom. The summed E-state index contributed by atoms with van der Waals surface area (Å²) in [5, 5.41) is 14.4. The highest BCUT2D eigenvalue weighted by molar-refractivity contribution is 6.39. The molecule has 5 nitrogen and oxygen atoms in total. The molecule has 21 heavy (non-hydrogen) atoms. The van der Waals surface area contributed by atoms with Crippen LogP contribution in [0.1, 0.15) is 25.8 Å².